The van der Waals surface area contributed by atoms with Crippen LogP contribution in [0.25, 0.3) is 0 Å². The highest BCUT2D eigenvalue weighted by molar-refractivity contribution is 6.42. The minimum Gasteiger partial charge on any atom is -0.314 e. The molecule has 1 fully saturated rings. The lowest BCUT2D eigenvalue weighted by Gasteiger charge is -2.36. The van der Waals surface area contributed by atoms with Crippen molar-refractivity contribution in [3.8, 4) is 0 Å². The first-order chi connectivity index (χ1) is 12.3. The quantitative estimate of drug-likeness (QED) is 0.685. The van der Waals surface area contributed by atoms with E-state index in [0.717, 1.165) is 30.8 Å². The molecule has 2 aromatic rings. The Bertz CT molecular complexity index is 790. The van der Waals surface area contributed by atoms with Gasteiger partial charge in [0, 0.05) is 31.2 Å². The predicted octanol–water partition coefficient (Wildman–Crippen LogP) is 5.66. The van der Waals surface area contributed by atoms with Crippen LogP contribution in [0.1, 0.15) is 22.7 Å². The molecule has 1 aliphatic rings. The van der Waals surface area contributed by atoms with Gasteiger partial charge in [0.15, 0.2) is 0 Å². The average Bonchev–Trinajstić information content (AvgIpc) is 2.60. The Balaban J connectivity index is 2.12. The van der Waals surface area contributed by atoms with Crippen molar-refractivity contribution in [2.75, 3.05) is 26.2 Å². The molecule has 8 heteroatoms. The maximum Gasteiger partial charge on any atom is 0.416 e. The molecule has 26 heavy (non-hydrogen) atoms. The van der Waals surface area contributed by atoms with Gasteiger partial charge >= 0.3 is 6.18 Å². The molecular formula is C18H16Cl3F3N2. The van der Waals surface area contributed by atoms with Gasteiger partial charge < -0.3 is 5.32 Å². The van der Waals surface area contributed by atoms with Crippen molar-refractivity contribution in [1.82, 2.24) is 10.2 Å². The summed E-state index contributed by atoms with van der Waals surface area (Å²) in [6.07, 6.45) is -4.44. The second-order valence-corrected chi connectivity index (χ2v) is 7.32. The predicted molar refractivity (Wildman–Crippen MR) is 99.2 cm³/mol. The SMILES string of the molecule is FC(F)(F)c1ccc(Cl)c(C(c2ccc(Cl)c(Cl)c2)N2CCNCC2)c1. The molecule has 0 bridgehead atoms. The molecule has 0 radical (unpaired) electrons. The number of hydrogen-bond acceptors (Lipinski definition) is 2. The highest BCUT2D eigenvalue weighted by atomic mass is 35.5. The molecule has 1 heterocycles. The monoisotopic (exact) mass is 422 g/mol. The van der Waals surface area contributed by atoms with E-state index in [4.69, 9.17) is 34.8 Å². The van der Waals surface area contributed by atoms with Crippen LogP contribution < -0.4 is 5.32 Å². The van der Waals surface area contributed by atoms with E-state index in [1.807, 2.05) is 0 Å². The van der Waals surface area contributed by atoms with Crippen molar-refractivity contribution in [2.45, 2.75) is 12.2 Å². The van der Waals surface area contributed by atoms with E-state index in [0.29, 0.717) is 28.7 Å². The Hall–Kier alpha value is -0.980. The van der Waals surface area contributed by atoms with Gasteiger partial charge in [-0.1, -0.05) is 40.9 Å². The standard InChI is InChI=1S/C18H16Cl3F3N2/c19-14-4-2-12(18(22,23)24)10-13(14)17(26-7-5-25-6-8-26)11-1-3-15(20)16(21)9-11/h1-4,9-10,17,25H,5-8H2. The van der Waals surface area contributed by atoms with Crippen molar-refractivity contribution in [2.24, 2.45) is 0 Å². The minimum atomic E-state index is -4.44. The van der Waals surface area contributed by atoms with Crippen LogP contribution in [0.3, 0.4) is 0 Å². The smallest absolute Gasteiger partial charge is 0.314 e. The van der Waals surface area contributed by atoms with Gasteiger partial charge in [-0.05, 0) is 41.5 Å². The van der Waals surface area contributed by atoms with Gasteiger partial charge in [0.1, 0.15) is 0 Å². The van der Waals surface area contributed by atoms with Crippen LogP contribution in [-0.2, 0) is 6.18 Å². The Kier molecular flexibility index (Phi) is 6.04. The van der Waals surface area contributed by atoms with Crippen molar-refractivity contribution in [1.29, 1.82) is 0 Å². The molecule has 3 rings (SSSR count). The number of alkyl halides is 3. The summed E-state index contributed by atoms with van der Waals surface area (Å²) in [5.74, 6) is 0. The van der Waals surface area contributed by atoms with Gasteiger partial charge in [-0.25, -0.2) is 0 Å². The lowest BCUT2D eigenvalue weighted by molar-refractivity contribution is -0.137. The number of halogens is 6. The van der Waals surface area contributed by atoms with Gasteiger partial charge in [0.05, 0.1) is 21.7 Å². The summed E-state index contributed by atoms with van der Waals surface area (Å²) < 4.78 is 39.7. The first-order valence-corrected chi connectivity index (χ1v) is 9.17. The molecule has 0 aromatic heterocycles. The second kappa shape index (κ2) is 7.95. The fraction of sp³-hybridized carbons (Fsp3) is 0.333. The summed E-state index contributed by atoms with van der Waals surface area (Å²) in [4.78, 5) is 2.09. The summed E-state index contributed by atoms with van der Waals surface area (Å²) in [6, 6.07) is 8.08. The van der Waals surface area contributed by atoms with E-state index in [1.165, 1.54) is 6.07 Å². The molecule has 1 atom stereocenters. The lowest BCUT2D eigenvalue weighted by atomic mass is 9.94. The molecule has 140 valence electrons. The molecule has 0 saturated carbocycles. The fourth-order valence-electron chi connectivity index (χ4n) is 3.14. The van der Waals surface area contributed by atoms with Crippen molar-refractivity contribution >= 4 is 34.8 Å². The first kappa shape index (κ1) is 19.8. The summed E-state index contributed by atoms with van der Waals surface area (Å²) in [6.45, 7) is 2.85. The number of rotatable bonds is 3. The molecule has 1 aliphatic heterocycles. The molecule has 2 aromatic carbocycles. The van der Waals surface area contributed by atoms with Gasteiger partial charge in [-0.2, -0.15) is 13.2 Å². The molecule has 1 saturated heterocycles. The first-order valence-electron chi connectivity index (χ1n) is 8.04. The third-order valence-corrected chi connectivity index (χ3v) is 5.48. The molecule has 2 nitrogen and oxygen atoms in total. The number of nitrogens with zero attached hydrogens (tertiary/aromatic N) is 1. The molecule has 1 N–H and O–H groups in total. The highest BCUT2D eigenvalue weighted by Gasteiger charge is 2.33. The van der Waals surface area contributed by atoms with Crippen molar-refractivity contribution < 1.29 is 13.2 Å². The maximum atomic E-state index is 13.2. The largest absolute Gasteiger partial charge is 0.416 e. The van der Waals surface area contributed by atoms with E-state index in [2.05, 4.69) is 10.2 Å². The normalized spacial score (nSPS) is 17.3. The zero-order chi connectivity index (χ0) is 18.9. The topological polar surface area (TPSA) is 15.3 Å². The van der Waals surface area contributed by atoms with Crippen LogP contribution in [0.4, 0.5) is 13.2 Å². The van der Waals surface area contributed by atoms with Crippen molar-refractivity contribution in [3.63, 3.8) is 0 Å². The minimum absolute atomic E-state index is 0.285. The molecule has 0 aliphatic carbocycles. The maximum absolute atomic E-state index is 13.2. The fourth-order valence-corrected chi connectivity index (χ4v) is 3.67. The van der Waals surface area contributed by atoms with Crippen LogP contribution >= 0.6 is 34.8 Å². The van der Waals surface area contributed by atoms with Gasteiger partial charge in [0.2, 0.25) is 0 Å². The number of benzene rings is 2. The van der Waals surface area contributed by atoms with Crippen LogP contribution in [0.15, 0.2) is 36.4 Å². The summed E-state index contributed by atoms with van der Waals surface area (Å²) in [5, 5.41) is 4.27. The Morgan fingerprint density at radius 2 is 1.54 bits per heavy atom. The van der Waals surface area contributed by atoms with E-state index in [1.54, 1.807) is 18.2 Å². The van der Waals surface area contributed by atoms with Crippen LogP contribution in [0.2, 0.25) is 15.1 Å². The third kappa shape index (κ3) is 4.29. The van der Waals surface area contributed by atoms with Crippen LogP contribution in [0.5, 0.6) is 0 Å². The van der Waals surface area contributed by atoms with Gasteiger partial charge in [-0.3, -0.25) is 4.90 Å². The number of piperazine rings is 1. The Morgan fingerprint density at radius 1 is 0.885 bits per heavy atom. The highest BCUT2D eigenvalue weighted by Crippen LogP contribution is 2.39. The third-order valence-electron chi connectivity index (χ3n) is 4.39. The summed E-state index contributed by atoms with van der Waals surface area (Å²) in [7, 11) is 0. The van der Waals surface area contributed by atoms with Gasteiger partial charge in [0.25, 0.3) is 0 Å². The van der Waals surface area contributed by atoms with Gasteiger partial charge in [-0.15, -0.1) is 0 Å². The zero-order valence-corrected chi connectivity index (χ0v) is 15.9. The van der Waals surface area contributed by atoms with Crippen LogP contribution in [0, 0.1) is 0 Å². The molecule has 0 amide bonds. The van der Waals surface area contributed by atoms with E-state index < -0.39 is 17.8 Å². The molecule has 0 spiro atoms. The zero-order valence-electron chi connectivity index (χ0n) is 13.6. The Labute approximate surface area is 164 Å². The van der Waals surface area contributed by atoms with Crippen LogP contribution in [-0.4, -0.2) is 31.1 Å². The van der Waals surface area contributed by atoms with E-state index in [9.17, 15) is 13.2 Å². The number of nitrogens with one attached hydrogen (secondary N) is 1. The summed E-state index contributed by atoms with van der Waals surface area (Å²) >= 11 is 18.5. The van der Waals surface area contributed by atoms with Crippen molar-refractivity contribution in [3.05, 3.63) is 68.2 Å². The molecular weight excluding hydrogens is 408 g/mol. The second-order valence-electron chi connectivity index (χ2n) is 6.10. The van der Waals surface area contributed by atoms with E-state index >= 15 is 0 Å². The van der Waals surface area contributed by atoms with E-state index in [-0.39, 0.29) is 5.02 Å². The molecule has 1 unspecified atom stereocenters. The Morgan fingerprint density at radius 3 is 2.15 bits per heavy atom. The summed E-state index contributed by atoms with van der Waals surface area (Å²) in [5.41, 5.74) is 0.432. The lowest BCUT2D eigenvalue weighted by Crippen LogP contribution is -2.45. The average molecular weight is 424 g/mol. The number of hydrogen-bond donors (Lipinski definition) is 1.